The maximum absolute atomic E-state index is 12.0. The van der Waals surface area contributed by atoms with Crippen LogP contribution in [-0.4, -0.2) is 41.8 Å². The van der Waals surface area contributed by atoms with Crippen molar-refractivity contribution >= 4 is 22.4 Å². The molecule has 0 fully saturated rings. The average molecular weight is 337 g/mol. The van der Waals surface area contributed by atoms with Gasteiger partial charge in [-0.3, -0.25) is 0 Å². The molecule has 0 saturated carbocycles. The van der Waals surface area contributed by atoms with Crippen LogP contribution in [-0.2, 0) is 21.2 Å². The smallest absolute Gasteiger partial charge is 0.240 e. The Balaban J connectivity index is 0.00000400. The molecule has 0 unspecified atom stereocenters. The molecule has 5 nitrogen and oxygen atoms in total. The highest BCUT2D eigenvalue weighted by Gasteiger charge is 2.12. The van der Waals surface area contributed by atoms with Crippen LogP contribution in [0, 0.1) is 0 Å². The molecule has 0 amide bonds. The van der Waals surface area contributed by atoms with E-state index in [0.717, 1.165) is 24.9 Å². The monoisotopic (exact) mass is 336 g/mol. The molecule has 0 radical (unpaired) electrons. The van der Waals surface area contributed by atoms with E-state index in [9.17, 15) is 8.42 Å². The van der Waals surface area contributed by atoms with E-state index in [1.165, 1.54) is 0 Å². The van der Waals surface area contributed by atoms with Crippen LogP contribution in [0.5, 0.6) is 0 Å². The molecule has 0 spiro atoms. The summed E-state index contributed by atoms with van der Waals surface area (Å²) in [5.41, 5.74) is 1.07. The minimum Gasteiger partial charge on any atom is -0.384 e. The highest BCUT2D eigenvalue weighted by atomic mass is 35.5. The first-order valence-electron chi connectivity index (χ1n) is 6.88. The van der Waals surface area contributed by atoms with Crippen molar-refractivity contribution in [3.05, 3.63) is 29.8 Å². The van der Waals surface area contributed by atoms with Gasteiger partial charge >= 0.3 is 0 Å². The van der Waals surface area contributed by atoms with Gasteiger partial charge in [0.25, 0.3) is 0 Å². The molecular formula is C14H25ClN2O3S. The summed E-state index contributed by atoms with van der Waals surface area (Å²) in [6.07, 6.45) is 1.82. The number of methoxy groups -OCH3 is 1. The Kier molecular flexibility index (Phi) is 10.6. The normalized spacial score (nSPS) is 11.1. The van der Waals surface area contributed by atoms with Crippen molar-refractivity contribution in [3.63, 3.8) is 0 Å². The maximum atomic E-state index is 12.0. The second-order valence-electron chi connectivity index (χ2n) is 4.53. The van der Waals surface area contributed by atoms with Gasteiger partial charge < -0.3 is 10.1 Å². The van der Waals surface area contributed by atoms with E-state index < -0.39 is 10.0 Å². The molecule has 1 aromatic carbocycles. The summed E-state index contributed by atoms with van der Waals surface area (Å²) in [6.45, 7) is 4.64. The first-order chi connectivity index (χ1) is 9.60. The van der Waals surface area contributed by atoms with Crippen molar-refractivity contribution in [1.29, 1.82) is 0 Å². The second kappa shape index (κ2) is 11.0. The van der Waals surface area contributed by atoms with Crippen molar-refractivity contribution in [2.24, 2.45) is 0 Å². The van der Waals surface area contributed by atoms with E-state index >= 15 is 0 Å². The number of hydrogen-bond donors (Lipinski definition) is 2. The molecule has 2 N–H and O–H groups in total. The molecule has 0 bridgehead atoms. The molecule has 0 aromatic heterocycles. The lowest BCUT2D eigenvalue weighted by atomic mass is 10.2. The summed E-state index contributed by atoms with van der Waals surface area (Å²) in [5.74, 6) is 0. The molecular weight excluding hydrogens is 312 g/mol. The Morgan fingerprint density at radius 3 is 2.33 bits per heavy atom. The van der Waals surface area contributed by atoms with E-state index in [1.807, 2.05) is 12.1 Å². The van der Waals surface area contributed by atoms with E-state index in [-0.39, 0.29) is 12.4 Å². The fraction of sp³-hybridized carbons (Fsp3) is 0.571. The molecule has 0 saturated heterocycles. The van der Waals surface area contributed by atoms with E-state index in [0.29, 0.717) is 24.6 Å². The van der Waals surface area contributed by atoms with Crippen molar-refractivity contribution in [3.8, 4) is 0 Å². The quantitative estimate of drug-likeness (QED) is 0.636. The van der Waals surface area contributed by atoms with Gasteiger partial charge in [0.15, 0.2) is 0 Å². The maximum Gasteiger partial charge on any atom is 0.240 e. The summed E-state index contributed by atoms with van der Waals surface area (Å²) < 4.78 is 31.6. The number of sulfonamides is 1. The van der Waals surface area contributed by atoms with E-state index in [4.69, 9.17) is 4.74 Å². The fourth-order valence-electron chi connectivity index (χ4n) is 1.71. The molecule has 1 rings (SSSR count). The number of benzene rings is 1. The van der Waals surface area contributed by atoms with Crippen LogP contribution < -0.4 is 10.0 Å². The van der Waals surface area contributed by atoms with Crippen LogP contribution in [0.2, 0.25) is 0 Å². The molecule has 7 heteroatoms. The fourth-order valence-corrected chi connectivity index (χ4v) is 2.75. The van der Waals surface area contributed by atoms with Gasteiger partial charge in [-0.25, -0.2) is 13.1 Å². The van der Waals surface area contributed by atoms with Crippen LogP contribution in [0.3, 0.4) is 0 Å². The van der Waals surface area contributed by atoms with Crippen LogP contribution >= 0.6 is 12.4 Å². The predicted molar refractivity (Wildman–Crippen MR) is 87.6 cm³/mol. The van der Waals surface area contributed by atoms with Gasteiger partial charge in [-0.1, -0.05) is 19.1 Å². The number of rotatable bonds is 10. The Morgan fingerprint density at radius 2 is 1.76 bits per heavy atom. The Bertz CT molecular complexity index is 477. The van der Waals surface area contributed by atoms with Gasteiger partial charge in [-0.2, -0.15) is 0 Å². The van der Waals surface area contributed by atoms with Gasteiger partial charge in [0, 0.05) is 20.2 Å². The van der Waals surface area contributed by atoms with Gasteiger partial charge in [0.1, 0.15) is 0 Å². The van der Waals surface area contributed by atoms with Crippen molar-refractivity contribution in [2.75, 3.05) is 33.4 Å². The number of nitrogens with one attached hydrogen (secondary N) is 2. The largest absolute Gasteiger partial charge is 0.384 e. The average Bonchev–Trinajstić information content (AvgIpc) is 2.45. The highest BCUT2D eigenvalue weighted by Crippen LogP contribution is 2.10. The molecule has 122 valence electrons. The molecule has 0 aliphatic rings. The molecule has 0 aliphatic carbocycles. The van der Waals surface area contributed by atoms with Gasteiger partial charge in [0.2, 0.25) is 10.0 Å². The van der Waals surface area contributed by atoms with E-state index in [2.05, 4.69) is 17.0 Å². The third-order valence-electron chi connectivity index (χ3n) is 2.85. The van der Waals surface area contributed by atoms with Crippen LogP contribution in [0.1, 0.15) is 18.9 Å². The molecule has 0 heterocycles. The van der Waals surface area contributed by atoms with E-state index in [1.54, 1.807) is 19.2 Å². The third-order valence-corrected chi connectivity index (χ3v) is 4.33. The Hall–Kier alpha value is -0.660. The van der Waals surface area contributed by atoms with Crippen molar-refractivity contribution in [1.82, 2.24) is 10.0 Å². The standard InChI is InChI=1S/C14H24N2O3S.ClH/c1-3-9-15-10-11-16-20(17,18)14-6-4-13(5-7-14)8-12-19-2;/h4-7,15-16H,3,8-12H2,1-2H3;1H. The van der Waals surface area contributed by atoms with Crippen LogP contribution in [0.4, 0.5) is 0 Å². The number of ether oxygens (including phenoxy) is 1. The molecule has 0 atom stereocenters. The summed E-state index contributed by atoms with van der Waals surface area (Å²) in [4.78, 5) is 0.300. The zero-order valence-corrected chi connectivity index (χ0v) is 14.2. The number of hydrogen-bond acceptors (Lipinski definition) is 4. The topological polar surface area (TPSA) is 67.4 Å². The first-order valence-corrected chi connectivity index (χ1v) is 8.36. The Labute approximate surface area is 133 Å². The summed E-state index contributed by atoms with van der Waals surface area (Å²) in [6, 6.07) is 6.91. The third kappa shape index (κ3) is 7.78. The van der Waals surface area contributed by atoms with Crippen molar-refractivity contribution < 1.29 is 13.2 Å². The zero-order chi connectivity index (χ0) is 14.8. The van der Waals surface area contributed by atoms with Gasteiger partial charge in [0.05, 0.1) is 11.5 Å². The second-order valence-corrected chi connectivity index (χ2v) is 6.30. The summed E-state index contributed by atoms with van der Waals surface area (Å²) >= 11 is 0. The lowest BCUT2D eigenvalue weighted by Gasteiger charge is -2.08. The zero-order valence-electron chi connectivity index (χ0n) is 12.6. The van der Waals surface area contributed by atoms with Crippen LogP contribution in [0.15, 0.2) is 29.2 Å². The van der Waals surface area contributed by atoms with Crippen molar-refractivity contribution in [2.45, 2.75) is 24.7 Å². The lowest BCUT2D eigenvalue weighted by molar-refractivity contribution is 0.202. The molecule has 0 aliphatic heterocycles. The first kappa shape index (κ1) is 20.3. The van der Waals surface area contributed by atoms with Gasteiger partial charge in [-0.05, 0) is 37.1 Å². The Morgan fingerprint density at radius 1 is 1.10 bits per heavy atom. The lowest BCUT2D eigenvalue weighted by Crippen LogP contribution is -2.32. The SMILES string of the molecule is CCCNCCNS(=O)(=O)c1ccc(CCOC)cc1.Cl. The minimum atomic E-state index is -3.41. The van der Waals surface area contributed by atoms with Gasteiger partial charge in [-0.15, -0.1) is 12.4 Å². The molecule has 21 heavy (non-hydrogen) atoms. The predicted octanol–water partition coefficient (Wildman–Crippen LogP) is 1.58. The summed E-state index contributed by atoms with van der Waals surface area (Å²) in [5, 5.41) is 3.15. The summed E-state index contributed by atoms with van der Waals surface area (Å²) in [7, 11) is -1.76. The highest BCUT2D eigenvalue weighted by molar-refractivity contribution is 7.89. The van der Waals surface area contributed by atoms with Crippen LogP contribution in [0.25, 0.3) is 0 Å². The number of halogens is 1. The minimum absolute atomic E-state index is 0. The molecule has 1 aromatic rings.